The van der Waals surface area contributed by atoms with E-state index in [2.05, 4.69) is 13.0 Å². The van der Waals surface area contributed by atoms with Gasteiger partial charge in [-0.25, -0.2) is 0 Å². The Morgan fingerprint density at radius 2 is 2.23 bits per heavy atom. The van der Waals surface area contributed by atoms with Crippen LogP contribution in [0.3, 0.4) is 0 Å². The second kappa shape index (κ2) is 3.29. The molecule has 0 atom stereocenters. The summed E-state index contributed by atoms with van der Waals surface area (Å²) in [5, 5.41) is 2.02. The Morgan fingerprint density at radius 1 is 1.46 bits per heavy atom. The number of nitrogens with two attached hydrogens (primary N) is 1. The van der Waals surface area contributed by atoms with Gasteiger partial charge >= 0.3 is 0 Å². The largest absolute Gasteiger partial charge is 0.326 e. The van der Waals surface area contributed by atoms with E-state index in [1.807, 2.05) is 12.1 Å². The molecule has 3 heteroatoms. The summed E-state index contributed by atoms with van der Waals surface area (Å²) >= 11 is 7.67. The van der Waals surface area contributed by atoms with E-state index in [1.54, 1.807) is 11.3 Å². The minimum absolute atomic E-state index is 0.614. The summed E-state index contributed by atoms with van der Waals surface area (Å²) < 4.78 is 1.27. The van der Waals surface area contributed by atoms with Crippen LogP contribution in [0.4, 0.5) is 0 Å². The van der Waals surface area contributed by atoms with Gasteiger partial charge < -0.3 is 5.73 Å². The van der Waals surface area contributed by atoms with Gasteiger partial charge in [0.05, 0.1) is 0 Å². The number of hydrogen-bond acceptors (Lipinski definition) is 2. The van der Waals surface area contributed by atoms with Crippen molar-refractivity contribution in [2.75, 3.05) is 0 Å². The van der Waals surface area contributed by atoms with Gasteiger partial charge in [-0.05, 0) is 36.1 Å². The molecule has 0 saturated heterocycles. The summed E-state index contributed by atoms with van der Waals surface area (Å²) in [6.45, 7) is 2.71. The highest BCUT2D eigenvalue weighted by molar-refractivity contribution is 7.19. The molecule has 0 aliphatic heterocycles. The fourth-order valence-electron chi connectivity index (χ4n) is 1.44. The van der Waals surface area contributed by atoms with Crippen molar-refractivity contribution >= 4 is 33.0 Å². The molecule has 2 aromatic rings. The quantitative estimate of drug-likeness (QED) is 0.770. The Bertz CT molecular complexity index is 447. The van der Waals surface area contributed by atoms with E-state index in [-0.39, 0.29) is 0 Å². The van der Waals surface area contributed by atoms with Crippen molar-refractivity contribution in [1.29, 1.82) is 0 Å². The highest BCUT2D eigenvalue weighted by Gasteiger charge is 2.06. The summed E-state index contributed by atoms with van der Waals surface area (Å²) in [6.07, 6.45) is 0. The van der Waals surface area contributed by atoms with Crippen LogP contribution in [-0.2, 0) is 6.54 Å². The molecular formula is C10H10ClNS. The molecule has 1 nitrogen and oxygen atoms in total. The number of aryl methyl sites for hydroxylation is 1. The standard InChI is InChI=1S/C10H10ClNS/c1-6-8-4-7(11)2-3-9(8)13-10(6)5-12/h2-4H,5,12H2,1H3. The van der Waals surface area contributed by atoms with Crippen LogP contribution in [0.2, 0.25) is 5.02 Å². The molecular weight excluding hydrogens is 202 g/mol. The first-order valence-electron chi connectivity index (χ1n) is 4.10. The van der Waals surface area contributed by atoms with Gasteiger partial charge in [0, 0.05) is 21.1 Å². The molecule has 1 aromatic heterocycles. The van der Waals surface area contributed by atoms with Crippen LogP contribution >= 0.6 is 22.9 Å². The second-order valence-electron chi connectivity index (χ2n) is 2.99. The number of thiophene rings is 1. The van der Waals surface area contributed by atoms with Crippen LogP contribution in [0, 0.1) is 6.92 Å². The average molecular weight is 212 g/mol. The predicted octanol–water partition coefficient (Wildman–Crippen LogP) is 3.32. The smallest absolute Gasteiger partial charge is 0.0413 e. The lowest BCUT2D eigenvalue weighted by Gasteiger charge is -1.93. The third-order valence-electron chi connectivity index (χ3n) is 2.18. The Hall–Kier alpha value is -0.570. The van der Waals surface area contributed by atoms with Crippen LogP contribution in [0.5, 0.6) is 0 Å². The Balaban J connectivity index is 2.77. The maximum absolute atomic E-state index is 5.92. The molecule has 0 radical (unpaired) electrons. The minimum Gasteiger partial charge on any atom is -0.326 e. The number of benzene rings is 1. The Morgan fingerprint density at radius 3 is 2.92 bits per heavy atom. The first-order chi connectivity index (χ1) is 6.22. The zero-order valence-electron chi connectivity index (χ0n) is 7.30. The Labute approximate surface area is 86.1 Å². The lowest BCUT2D eigenvalue weighted by Crippen LogP contribution is -1.93. The van der Waals surface area contributed by atoms with Crippen molar-refractivity contribution in [2.24, 2.45) is 5.73 Å². The molecule has 0 fully saturated rings. The Kier molecular flexibility index (Phi) is 2.28. The lowest BCUT2D eigenvalue weighted by atomic mass is 10.1. The molecule has 0 aliphatic carbocycles. The van der Waals surface area contributed by atoms with E-state index in [1.165, 1.54) is 20.5 Å². The molecule has 1 aromatic carbocycles. The zero-order valence-corrected chi connectivity index (χ0v) is 8.88. The third-order valence-corrected chi connectivity index (χ3v) is 3.71. The van der Waals surface area contributed by atoms with Crippen LogP contribution < -0.4 is 5.73 Å². The van der Waals surface area contributed by atoms with Crippen LogP contribution in [0.25, 0.3) is 10.1 Å². The van der Waals surface area contributed by atoms with Crippen molar-refractivity contribution < 1.29 is 0 Å². The zero-order chi connectivity index (χ0) is 9.42. The van der Waals surface area contributed by atoms with Gasteiger partial charge in [0.1, 0.15) is 0 Å². The maximum Gasteiger partial charge on any atom is 0.0413 e. The van der Waals surface area contributed by atoms with Crippen molar-refractivity contribution in [3.8, 4) is 0 Å². The summed E-state index contributed by atoms with van der Waals surface area (Å²) in [6, 6.07) is 5.97. The van der Waals surface area contributed by atoms with Crippen LogP contribution in [0.1, 0.15) is 10.4 Å². The number of rotatable bonds is 1. The van der Waals surface area contributed by atoms with Crippen LogP contribution in [0.15, 0.2) is 18.2 Å². The van der Waals surface area contributed by atoms with Crippen molar-refractivity contribution in [2.45, 2.75) is 13.5 Å². The predicted molar refractivity (Wildman–Crippen MR) is 59.5 cm³/mol. The fourth-order valence-corrected chi connectivity index (χ4v) is 2.68. The fraction of sp³-hybridized carbons (Fsp3) is 0.200. The van der Waals surface area contributed by atoms with E-state index in [9.17, 15) is 0 Å². The molecule has 0 bridgehead atoms. The molecule has 0 spiro atoms. The first-order valence-corrected chi connectivity index (χ1v) is 5.29. The van der Waals surface area contributed by atoms with Gasteiger partial charge in [0.25, 0.3) is 0 Å². The maximum atomic E-state index is 5.92. The monoisotopic (exact) mass is 211 g/mol. The first kappa shape index (κ1) is 9.00. The number of hydrogen-bond donors (Lipinski definition) is 1. The van der Waals surface area contributed by atoms with E-state index in [0.29, 0.717) is 6.54 Å². The molecule has 2 N–H and O–H groups in total. The highest BCUT2D eigenvalue weighted by Crippen LogP contribution is 2.32. The summed E-state index contributed by atoms with van der Waals surface area (Å²) in [7, 11) is 0. The summed E-state index contributed by atoms with van der Waals surface area (Å²) in [4.78, 5) is 1.25. The summed E-state index contributed by atoms with van der Waals surface area (Å²) in [5.74, 6) is 0. The molecule has 0 unspecified atom stereocenters. The topological polar surface area (TPSA) is 26.0 Å². The third kappa shape index (κ3) is 1.46. The minimum atomic E-state index is 0.614. The number of halogens is 1. The number of fused-ring (bicyclic) bond motifs is 1. The van der Waals surface area contributed by atoms with Gasteiger partial charge in [-0.3, -0.25) is 0 Å². The van der Waals surface area contributed by atoms with Gasteiger partial charge in [0.2, 0.25) is 0 Å². The van der Waals surface area contributed by atoms with E-state index >= 15 is 0 Å². The lowest BCUT2D eigenvalue weighted by molar-refractivity contribution is 1.09. The van der Waals surface area contributed by atoms with Gasteiger partial charge in [-0.1, -0.05) is 11.6 Å². The van der Waals surface area contributed by atoms with E-state index < -0.39 is 0 Å². The summed E-state index contributed by atoms with van der Waals surface area (Å²) in [5.41, 5.74) is 6.90. The normalized spacial score (nSPS) is 11.0. The second-order valence-corrected chi connectivity index (χ2v) is 4.57. The molecule has 0 saturated carbocycles. The highest BCUT2D eigenvalue weighted by atomic mass is 35.5. The van der Waals surface area contributed by atoms with Crippen molar-refractivity contribution in [1.82, 2.24) is 0 Å². The molecule has 2 rings (SSSR count). The molecule has 0 aliphatic rings. The molecule has 68 valence electrons. The van der Waals surface area contributed by atoms with Gasteiger partial charge in [0.15, 0.2) is 0 Å². The van der Waals surface area contributed by atoms with E-state index in [4.69, 9.17) is 17.3 Å². The van der Waals surface area contributed by atoms with Gasteiger partial charge in [-0.2, -0.15) is 0 Å². The van der Waals surface area contributed by atoms with Crippen molar-refractivity contribution in [3.63, 3.8) is 0 Å². The van der Waals surface area contributed by atoms with E-state index in [0.717, 1.165) is 5.02 Å². The van der Waals surface area contributed by atoms with Gasteiger partial charge in [-0.15, -0.1) is 11.3 Å². The molecule has 0 amide bonds. The molecule has 13 heavy (non-hydrogen) atoms. The molecule has 1 heterocycles. The SMILES string of the molecule is Cc1c(CN)sc2ccc(Cl)cc12. The van der Waals surface area contributed by atoms with Crippen LogP contribution in [-0.4, -0.2) is 0 Å². The average Bonchev–Trinajstić information content (AvgIpc) is 2.44. The van der Waals surface area contributed by atoms with Crippen molar-refractivity contribution in [3.05, 3.63) is 33.7 Å².